The van der Waals surface area contributed by atoms with Crippen LogP contribution in [0.1, 0.15) is 0 Å². The smallest absolute Gasteiger partial charge is 0.360 e. The first kappa shape index (κ1) is 24.2. The lowest BCUT2D eigenvalue weighted by Crippen LogP contribution is -2.24. The average Bonchev–Trinajstić information content (AvgIpc) is 2.95. The van der Waals surface area contributed by atoms with E-state index in [1.54, 1.807) is 0 Å². The predicted octanol–water partition coefficient (Wildman–Crippen LogP) is 4.17. The van der Waals surface area contributed by atoms with Gasteiger partial charge in [0.2, 0.25) is 0 Å². The molecule has 0 aliphatic rings. The highest BCUT2D eigenvalue weighted by atomic mass is 31.2. The maximum atomic E-state index is 12.4. The van der Waals surface area contributed by atoms with Gasteiger partial charge in [-0.25, -0.2) is 4.68 Å². The summed E-state index contributed by atoms with van der Waals surface area (Å²) in [6.45, 7) is 2.63. The minimum Gasteiger partial charge on any atom is -0.360 e. The molecular formula is C13H21F6N2O4PSi. The third kappa shape index (κ3) is 10.3. The maximum absolute atomic E-state index is 12.4. The molecule has 0 aliphatic heterocycles. The minimum atomic E-state index is -4.93. The lowest BCUT2D eigenvalue weighted by molar-refractivity contribution is -0.164. The fourth-order valence-corrected chi connectivity index (χ4v) is 3.79. The average molecular weight is 442 g/mol. The van der Waals surface area contributed by atoms with Crippen LogP contribution in [0, 0.1) is 0 Å². The fourth-order valence-electron chi connectivity index (χ4n) is 1.59. The van der Waals surface area contributed by atoms with Crippen molar-refractivity contribution in [3.63, 3.8) is 0 Å². The first-order valence-electron chi connectivity index (χ1n) is 7.74. The zero-order valence-electron chi connectivity index (χ0n) is 14.9. The Morgan fingerprint density at radius 3 is 2.04 bits per heavy atom. The Kier molecular flexibility index (Phi) is 8.12. The Labute approximate surface area is 153 Å². The summed E-state index contributed by atoms with van der Waals surface area (Å²) in [6, 6.07) is 1.82. The number of rotatable bonds is 10. The van der Waals surface area contributed by atoms with Gasteiger partial charge in [-0.05, 0) is 12.1 Å². The Balaban J connectivity index is 2.80. The van der Waals surface area contributed by atoms with Crippen molar-refractivity contribution < 1.29 is 44.7 Å². The van der Waals surface area contributed by atoms with E-state index in [1.807, 2.05) is 0 Å². The predicted molar refractivity (Wildman–Crippen MR) is 87.6 cm³/mol. The Hall–Kier alpha value is -0.883. The number of alkyl halides is 6. The van der Waals surface area contributed by atoms with Crippen LogP contribution in [0.4, 0.5) is 26.3 Å². The molecule has 0 atom stereocenters. The van der Waals surface area contributed by atoms with Crippen LogP contribution < -0.4 is 5.44 Å². The highest BCUT2D eigenvalue weighted by Gasteiger charge is 2.41. The number of nitrogens with zero attached hydrogens (tertiary/aromatic N) is 2. The molecule has 0 bridgehead atoms. The second-order valence-electron chi connectivity index (χ2n) is 6.84. The van der Waals surface area contributed by atoms with E-state index in [-0.39, 0.29) is 6.73 Å². The van der Waals surface area contributed by atoms with Gasteiger partial charge in [-0.3, -0.25) is 13.6 Å². The standard InChI is InChI=1S/C13H21F6N2O4PSi/c1-27(2,3)7-6-23-10-21-5-4-11(20-21)26(22,24-8-12(14,15)16)25-9-13(17,18)19/h4-5H,6-10H2,1-3H3. The van der Waals surface area contributed by atoms with Gasteiger partial charge in [-0.1, -0.05) is 19.6 Å². The number of halogens is 6. The van der Waals surface area contributed by atoms with Crippen LogP contribution in [0.5, 0.6) is 0 Å². The van der Waals surface area contributed by atoms with Gasteiger partial charge in [0.1, 0.15) is 6.73 Å². The van der Waals surface area contributed by atoms with Crippen LogP contribution in [0.15, 0.2) is 12.3 Å². The monoisotopic (exact) mass is 442 g/mol. The highest BCUT2D eigenvalue weighted by Crippen LogP contribution is 2.48. The molecule has 1 rings (SSSR count). The summed E-state index contributed by atoms with van der Waals surface area (Å²) in [5, 5.41) is 3.67. The molecule has 0 radical (unpaired) electrons. The summed E-state index contributed by atoms with van der Waals surface area (Å²) in [5.74, 6) is 0. The highest BCUT2D eigenvalue weighted by molar-refractivity contribution is 7.61. The second kappa shape index (κ2) is 9.08. The van der Waals surface area contributed by atoms with Crippen LogP contribution >= 0.6 is 7.60 Å². The van der Waals surface area contributed by atoms with Gasteiger partial charge >= 0.3 is 19.9 Å². The summed E-state index contributed by atoms with van der Waals surface area (Å²) in [5.41, 5.74) is -0.662. The molecule has 1 heterocycles. The molecular weight excluding hydrogens is 421 g/mol. The molecule has 0 aromatic carbocycles. The van der Waals surface area contributed by atoms with Crippen molar-refractivity contribution in [1.29, 1.82) is 0 Å². The molecule has 0 saturated carbocycles. The maximum Gasteiger partial charge on any atom is 0.412 e. The van der Waals surface area contributed by atoms with Gasteiger partial charge in [0, 0.05) is 20.9 Å². The zero-order chi connectivity index (χ0) is 20.9. The zero-order valence-corrected chi connectivity index (χ0v) is 16.8. The molecule has 0 amide bonds. The van der Waals surface area contributed by atoms with Crippen LogP contribution in [-0.2, 0) is 25.1 Å². The van der Waals surface area contributed by atoms with Gasteiger partial charge in [0.15, 0.2) is 18.6 Å². The second-order valence-corrected chi connectivity index (χ2v) is 14.4. The molecule has 1 aromatic rings. The molecule has 158 valence electrons. The van der Waals surface area contributed by atoms with Gasteiger partial charge in [0.25, 0.3) is 0 Å². The Bertz CT molecular complexity index is 622. The van der Waals surface area contributed by atoms with E-state index in [2.05, 4.69) is 33.8 Å². The summed E-state index contributed by atoms with van der Waals surface area (Å²) in [7, 11) is -6.26. The molecule has 14 heteroatoms. The van der Waals surface area contributed by atoms with E-state index in [9.17, 15) is 30.9 Å². The van der Waals surface area contributed by atoms with E-state index in [1.165, 1.54) is 6.20 Å². The fraction of sp³-hybridized carbons (Fsp3) is 0.769. The van der Waals surface area contributed by atoms with E-state index in [0.29, 0.717) is 6.61 Å². The van der Waals surface area contributed by atoms with E-state index in [0.717, 1.165) is 16.8 Å². The summed E-state index contributed by atoms with van der Waals surface area (Å²) in [6.07, 6.45) is -8.61. The largest absolute Gasteiger partial charge is 0.412 e. The van der Waals surface area contributed by atoms with Crippen molar-refractivity contribution in [2.75, 3.05) is 19.8 Å². The Morgan fingerprint density at radius 1 is 1.07 bits per heavy atom. The van der Waals surface area contributed by atoms with E-state index >= 15 is 0 Å². The number of ether oxygens (including phenoxy) is 1. The van der Waals surface area contributed by atoms with Gasteiger partial charge in [0.05, 0.1) is 0 Å². The number of aromatic nitrogens is 2. The first-order chi connectivity index (χ1) is 12.1. The van der Waals surface area contributed by atoms with Crippen molar-refractivity contribution in [1.82, 2.24) is 9.78 Å². The first-order valence-corrected chi connectivity index (χ1v) is 13.0. The topological polar surface area (TPSA) is 62.6 Å². The summed E-state index contributed by atoms with van der Waals surface area (Å²) >= 11 is 0. The van der Waals surface area contributed by atoms with Crippen LogP contribution in [-0.4, -0.2) is 50.0 Å². The molecule has 27 heavy (non-hydrogen) atoms. The van der Waals surface area contributed by atoms with Crippen molar-refractivity contribution in [2.24, 2.45) is 0 Å². The van der Waals surface area contributed by atoms with Crippen molar-refractivity contribution in [2.45, 2.75) is 44.8 Å². The molecule has 0 saturated heterocycles. The minimum absolute atomic E-state index is 0.108. The number of hydrogen-bond donors (Lipinski definition) is 0. The molecule has 1 aromatic heterocycles. The molecule has 0 spiro atoms. The Morgan fingerprint density at radius 2 is 1.59 bits per heavy atom. The third-order valence-electron chi connectivity index (χ3n) is 2.92. The third-order valence-corrected chi connectivity index (χ3v) is 6.37. The van der Waals surface area contributed by atoms with Gasteiger partial charge in [-0.15, -0.1) is 0 Å². The van der Waals surface area contributed by atoms with Gasteiger partial charge in [-0.2, -0.15) is 31.4 Å². The quantitative estimate of drug-likeness (QED) is 0.236. The SMILES string of the molecule is C[Si](C)(C)CCOCn1ccc(P(=O)(OCC(F)(F)F)OCC(F)(F)F)n1. The van der Waals surface area contributed by atoms with Gasteiger partial charge < -0.3 is 4.74 Å². The molecule has 6 nitrogen and oxygen atoms in total. The molecule has 0 unspecified atom stereocenters. The lowest BCUT2D eigenvalue weighted by Gasteiger charge is -2.18. The van der Waals surface area contributed by atoms with Crippen molar-refractivity contribution >= 4 is 21.1 Å². The van der Waals surface area contributed by atoms with Crippen LogP contribution in [0.3, 0.4) is 0 Å². The van der Waals surface area contributed by atoms with E-state index < -0.39 is 46.7 Å². The summed E-state index contributed by atoms with van der Waals surface area (Å²) < 4.78 is 101. The molecule has 0 aliphatic carbocycles. The van der Waals surface area contributed by atoms with E-state index in [4.69, 9.17) is 4.74 Å². The number of hydrogen-bond acceptors (Lipinski definition) is 5. The van der Waals surface area contributed by atoms with Crippen molar-refractivity contribution in [3.8, 4) is 0 Å². The summed E-state index contributed by atoms with van der Waals surface area (Å²) in [4.78, 5) is 0. The lowest BCUT2D eigenvalue weighted by atomic mass is 10.7. The normalized spacial score (nSPS) is 14.0. The van der Waals surface area contributed by atoms with Crippen LogP contribution in [0.2, 0.25) is 25.7 Å². The van der Waals surface area contributed by atoms with Crippen molar-refractivity contribution in [3.05, 3.63) is 12.3 Å². The molecule has 0 N–H and O–H groups in total. The van der Waals surface area contributed by atoms with Crippen LogP contribution in [0.25, 0.3) is 0 Å². The molecule has 0 fully saturated rings.